The van der Waals surface area contributed by atoms with Crippen LogP contribution >= 0.6 is 0 Å². The van der Waals surface area contributed by atoms with E-state index in [1.54, 1.807) is 6.92 Å². The minimum absolute atomic E-state index is 0.303. The highest BCUT2D eigenvalue weighted by molar-refractivity contribution is 4.80. The van der Waals surface area contributed by atoms with Crippen LogP contribution in [0, 0.1) is 5.92 Å². The SMILES string of the molecule is CC1CCCCC1NC(C)C(F)F. The first-order chi connectivity index (χ1) is 6.11. The molecule has 0 aliphatic heterocycles. The van der Waals surface area contributed by atoms with Gasteiger partial charge in [-0.3, -0.25) is 0 Å². The molecule has 3 heteroatoms. The molecule has 1 fully saturated rings. The summed E-state index contributed by atoms with van der Waals surface area (Å²) in [7, 11) is 0. The van der Waals surface area contributed by atoms with E-state index in [4.69, 9.17) is 0 Å². The second-order valence-corrected chi connectivity index (χ2v) is 4.16. The summed E-state index contributed by atoms with van der Waals surface area (Å²) in [6.45, 7) is 3.71. The van der Waals surface area contributed by atoms with E-state index in [2.05, 4.69) is 12.2 Å². The van der Waals surface area contributed by atoms with Crippen LogP contribution in [0.1, 0.15) is 39.5 Å². The molecule has 0 bridgehead atoms. The van der Waals surface area contributed by atoms with E-state index < -0.39 is 12.5 Å². The van der Waals surface area contributed by atoms with Crippen molar-refractivity contribution in [2.75, 3.05) is 0 Å². The van der Waals surface area contributed by atoms with E-state index in [9.17, 15) is 8.78 Å². The van der Waals surface area contributed by atoms with Crippen molar-refractivity contribution in [1.29, 1.82) is 0 Å². The Morgan fingerprint density at radius 3 is 2.38 bits per heavy atom. The molecule has 0 spiro atoms. The largest absolute Gasteiger partial charge is 0.306 e. The van der Waals surface area contributed by atoms with Crippen molar-refractivity contribution < 1.29 is 8.78 Å². The van der Waals surface area contributed by atoms with Gasteiger partial charge in [0, 0.05) is 6.04 Å². The predicted octanol–water partition coefficient (Wildman–Crippen LogP) is 2.81. The number of alkyl halides is 2. The van der Waals surface area contributed by atoms with Crippen molar-refractivity contribution in [1.82, 2.24) is 5.32 Å². The zero-order valence-electron chi connectivity index (χ0n) is 8.39. The first-order valence-corrected chi connectivity index (χ1v) is 5.15. The van der Waals surface area contributed by atoms with Gasteiger partial charge in [0.2, 0.25) is 0 Å². The first-order valence-electron chi connectivity index (χ1n) is 5.15. The zero-order chi connectivity index (χ0) is 9.84. The smallest absolute Gasteiger partial charge is 0.253 e. The van der Waals surface area contributed by atoms with E-state index in [0.29, 0.717) is 12.0 Å². The van der Waals surface area contributed by atoms with E-state index in [-0.39, 0.29) is 0 Å². The lowest BCUT2D eigenvalue weighted by Crippen LogP contribution is -2.45. The second-order valence-electron chi connectivity index (χ2n) is 4.16. The van der Waals surface area contributed by atoms with Gasteiger partial charge >= 0.3 is 0 Å². The number of rotatable bonds is 3. The summed E-state index contributed by atoms with van der Waals surface area (Å²) in [5, 5.41) is 3.02. The van der Waals surface area contributed by atoms with Gasteiger partial charge in [0.05, 0.1) is 6.04 Å². The van der Waals surface area contributed by atoms with Crippen LogP contribution in [0.15, 0.2) is 0 Å². The van der Waals surface area contributed by atoms with Gasteiger partial charge in [0.25, 0.3) is 6.43 Å². The highest BCUT2D eigenvalue weighted by Gasteiger charge is 2.25. The summed E-state index contributed by atoms with van der Waals surface area (Å²) in [6.07, 6.45) is 2.42. The van der Waals surface area contributed by atoms with Gasteiger partial charge in [-0.25, -0.2) is 8.78 Å². The summed E-state index contributed by atoms with van der Waals surface area (Å²) < 4.78 is 24.5. The van der Waals surface area contributed by atoms with Gasteiger partial charge in [-0.15, -0.1) is 0 Å². The Hall–Kier alpha value is -0.180. The average molecular weight is 191 g/mol. The molecule has 78 valence electrons. The number of halogens is 2. The molecule has 3 unspecified atom stereocenters. The molecule has 3 atom stereocenters. The maximum absolute atomic E-state index is 12.2. The summed E-state index contributed by atoms with van der Waals surface area (Å²) >= 11 is 0. The molecule has 1 N–H and O–H groups in total. The Bertz CT molecular complexity index is 150. The summed E-state index contributed by atoms with van der Waals surface area (Å²) in [5.74, 6) is 0.551. The maximum atomic E-state index is 12.2. The van der Waals surface area contributed by atoms with Gasteiger partial charge < -0.3 is 5.32 Å². The Morgan fingerprint density at radius 1 is 1.23 bits per heavy atom. The van der Waals surface area contributed by atoms with Gasteiger partial charge in [-0.2, -0.15) is 0 Å². The molecular weight excluding hydrogens is 172 g/mol. The van der Waals surface area contributed by atoms with Crippen LogP contribution in [0.5, 0.6) is 0 Å². The van der Waals surface area contributed by atoms with E-state index in [1.165, 1.54) is 19.3 Å². The molecule has 0 saturated heterocycles. The van der Waals surface area contributed by atoms with Gasteiger partial charge in [0.15, 0.2) is 0 Å². The summed E-state index contributed by atoms with van der Waals surface area (Å²) in [5.41, 5.74) is 0. The molecule has 1 saturated carbocycles. The lowest BCUT2D eigenvalue weighted by Gasteiger charge is -2.31. The quantitative estimate of drug-likeness (QED) is 0.723. The third kappa shape index (κ3) is 3.22. The molecule has 1 nitrogen and oxygen atoms in total. The van der Waals surface area contributed by atoms with Gasteiger partial charge in [-0.1, -0.05) is 19.8 Å². The van der Waals surface area contributed by atoms with Crippen LogP contribution in [0.3, 0.4) is 0 Å². The molecule has 0 radical (unpaired) electrons. The normalized spacial score (nSPS) is 32.1. The molecule has 0 aromatic rings. The predicted molar refractivity (Wildman–Crippen MR) is 50.0 cm³/mol. The molecular formula is C10H19F2N. The van der Waals surface area contributed by atoms with Crippen LogP contribution in [-0.4, -0.2) is 18.5 Å². The topological polar surface area (TPSA) is 12.0 Å². The monoisotopic (exact) mass is 191 g/mol. The lowest BCUT2D eigenvalue weighted by atomic mass is 9.85. The minimum atomic E-state index is -2.24. The number of hydrogen-bond acceptors (Lipinski definition) is 1. The van der Waals surface area contributed by atoms with Crippen LogP contribution in [0.4, 0.5) is 8.78 Å². The van der Waals surface area contributed by atoms with E-state index in [1.807, 2.05) is 0 Å². The highest BCUT2D eigenvalue weighted by atomic mass is 19.3. The fourth-order valence-corrected chi connectivity index (χ4v) is 1.97. The summed E-state index contributed by atoms with van der Waals surface area (Å²) in [6, 6.07) is -0.358. The van der Waals surface area contributed by atoms with Crippen LogP contribution in [0.25, 0.3) is 0 Å². The fourth-order valence-electron chi connectivity index (χ4n) is 1.97. The first kappa shape index (κ1) is 10.9. The summed E-state index contributed by atoms with van der Waals surface area (Å²) in [4.78, 5) is 0. The van der Waals surface area contributed by atoms with Crippen molar-refractivity contribution in [3.63, 3.8) is 0 Å². The average Bonchev–Trinajstić information content (AvgIpc) is 2.08. The van der Waals surface area contributed by atoms with Crippen LogP contribution < -0.4 is 5.32 Å². The molecule has 1 aliphatic carbocycles. The van der Waals surface area contributed by atoms with Gasteiger partial charge in [0.1, 0.15) is 0 Å². The van der Waals surface area contributed by atoms with Crippen molar-refractivity contribution in [3.8, 4) is 0 Å². The molecule has 0 aromatic heterocycles. The van der Waals surface area contributed by atoms with Crippen molar-refractivity contribution in [3.05, 3.63) is 0 Å². The molecule has 0 aromatic carbocycles. The van der Waals surface area contributed by atoms with Crippen molar-refractivity contribution in [2.45, 2.75) is 58.0 Å². The van der Waals surface area contributed by atoms with E-state index >= 15 is 0 Å². The van der Waals surface area contributed by atoms with Crippen molar-refractivity contribution >= 4 is 0 Å². The Kier molecular flexibility index (Phi) is 4.10. The molecule has 1 aliphatic rings. The Balaban J connectivity index is 2.33. The van der Waals surface area contributed by atoms with Gasteiger partial charge in [-0.05, 0) is 25.7 Å². The number of nitrogens with one attached hydrogen (secondary N) is 1. The fraction of sp³-hybridized carbons (Fsp3) is 1.00. The highest BCUT2D eigenvalue weighted by Crippen LogP contribution is 2.24. The third-order valence-corrected chi connectivity index (χ3v) is 2.97. The van der Waals surface area contributed by atoms with Crippen LogP contribution in [0.2, 0.25) is 0 Å². The molecule has 13 heavy (non-hydrogen) atoms. The Morgan fingerprint density at radius 2 is 1.85 bits per heavy atom. The molecule has 0 heterocycles. The second kappa shape index (κ2) is 4.89. The minimum Gasteiger partial charge on any atom is -0.306 e. The third-order valence-electron chi connectivity index (χ3n) is 2.97. The van der Waals surface area contributed by atoms with Crippen molar-refractivity contribution in [2.24, 2.45) is 5.92 Å². The van der Waals surface area contributed by atoms with Crippen LogP contribution in [-0.2, 0) is 0 Å². The molecule has 1 rings (SSSR count). The maximum Gasteiger partial charge on any atom is 0.253 e. The molecule has 0 amide bonds. The standard InChI is InChI=1S/C10H19F2N/c1-7-5-3-4-6-9(7)13-8(2)10(11)12/h7-10,13H,3-6H2,1-2H3. The Labute approximate surface area is 78.9 Å². The lowest BCUT2D eigenvalue weighted by molar-refractivity contribution is 0.0901. The van der Waals surface area contributed by atoms with E-state index in [0.717, 1.165) is 6.42 Å². The zero-order valence-corrected chi connectivity index (χ0v) is 8.39. The number of hydrogen-bond donors (Lipinski definition) is 1.